The summed E-state index contributed by atoms with van der Waals surface area (Å²) in [7, 11) is -1.07. The molecule has 1 saturated heterocycles. The molecule has 1 aliphatic rings. The van der Waals surface area contributed by atoms with Gasteiger partial charge < -0.3 is 5.32 Å². The van der Waals surface area contributed by atoms with Crippen molar-refractivity contribution in [3.63, 3.8) is 0 Å². The Morgan fingerprint density at radius 2 is 2.00 bits per heavy atom. The molecule has 1 heterocycles. The van der Waals surface area contributed by atoms with Crippen LogP contribution < -0.4 is 5.32 Å². The number of halogens is 1. The van der Waals surface area contributed by atoms with E-state index in [9.17, 15) is 8.42 Å². The summed E-state index contributed by atoms with van der Waals surface area (Å²) in [6.07, 6.45) is 0.697. The third-order valence-electron chi connectivity index (χ3n) is 2.11. The van der Waals surface area contributed by atoms with E-state index in [1.807, 2.05) is 14.0 Å². The fraction of sp³-hybridized carbons (Fsp3) is 1.00. The van der Waals surface area contributed by atoms with Crippen molar-refractivity contribution >= 4 is 22.4 Å². The molecule has 0 aromatic rings. The van der Waals surface area contributed by atoms with Gasteiger partial charge in [0.05, 0.1) is 5.75 Å². The third kappa shape index (κ3) is 3.09. The van der Waals surface area contributed by atoms with Crippen molar-refractivity contribution in [3.8, 4) is 0 Å². The second-order valence-electron chi connectivity index (χ2n) is 3.12. The van der Waals surface area contributed by atoms with Crippen LogP contribution in [0.5, 0.6) is 0 Å². The van der Waals surface area contributed by atoms with Gasteiger partial charge in [-0.3, -0.25) is 0 Å². The van der Waals surface area contributed by atoms with Gasteiger partial charge in [-0.15, -0.1) is 12.4 Å². The molecule has 0 amide bonds. The molecule has 0 spiro atoms. The van der Waals surface area contributed by atoms with Crippen LogP contribution in [0, 0.1) is 0 Å². The molecule has 0 bridgehead atoms. The van der Waals surface area contributed by atoms with E-state index in [2.05, 4.69) is 5.32 Å². The average molecular weight is 229 g/mol. The number of likely N-dealkylation sites (N-methyl/N-ethyl adjacent to an activating group) is 1. The Labute approximate surface area is 86.1 Å². The maximum atomic E-state index is 11.4. The molecule has 0 aromatic heterocycles. The maximum absolute atomic E-state index is 11.4. The summed E-state index contributed by atoms with van der Waals surface area (Å²) in [5.74, 6) is 0.281. The summed E-state index contributed by atoms with van der Waals surface area (Å²) >= 11 is 0. The highest BCUT2D eigenvalue weighted by molar-refractivity contribution is 7.89. The summed E-state index contributed by atoms with van der Waals surface area (Å²) in [5.41, 5.74) is 0. The Morgan fingerprint density at radius 3 is 2.38 bits per heavy atom. The Balaban J connectivity index is 0.00000144. The molecule has 13 heavy (non-hydrogen) atoms. The van der Waals surface area contributed by atoms with Crippen molar-refractivity contribution in [1.82, 2.24) is 9.62 Å². The number of hydrogen-bond donors (Lipinski definition) is 1. The summed E-state index contributed by atoms with van der Waals surface area (Å²) in [6, 6.07) is 0.358. The maximum Gasteiger partial charge on any atom is 0.214 e. The molecule has 1 rings (SSSR count). The van der Waals surface area contributed by atoms with Gasteiger partial charge in [0, 0.05) is 19.1 Å². The molecule has 0 unspecified atom stereocenters. The molecule has 1 N–H and O–H groups in total. The molecule has 1 fully saturated rings. The Morgan fingerprint density at radius 1 is 1.46 bits per heavy atom. The summed E-state index contributed by atoms with van der Waals surface area (Å²) in [5, 5.41) is 3.04. The minimum atomic E-state index is -2.92. The molecule has 80 valence electrons. The fourth-order valence-corrected chi connectivity index (χ4v) is 2.82. The predicted octanol–water partition coefficient (Wildman–Crippen LogP) is 0.0516. The van der Waals surface area contributed by atoms with Crippen LogP contribution in [0.2, 0.25) is 0 Å². The largest absolute Gasteiger partial charge is 0.314 e. The van der Waals surface area contributed by atoms with Crippen LogP contribution in [-0.2, 0) is 10.0 Å². The SMILES string of the molecule is CCCS(=O)(=O)N1CC(NC)C1.Cl. The Bertz CT molecular complexity index is 237. The minimum absolute atomic E-state index is 0. The zero-order valence-corrected chi connectivity index (χ0v) is 9.62. The first-order chi connectivity index (χ1) is 5.60. The first-order valence-corrected chi connectivity index (χ1v) is 5.86. The molecule has 0 radical (unpaired) electrons. The van der Waals surface area contributed by atoms with Gasteiger partial charge in [-0.2, -0.15) is 4.31 Å². The molecule has 0 atom stereocenters. The molecule has 1 aliphatic heterocycles. The van der Waals surface area contributed by atoms with Gasteiger partial charge in [-0.05, 0) is 13.5 Å². The third-order valence-corrected chi connectivity index (χ3v) is 4.12. The van der Waals surface area contributed by atoms with E-state index in [-0.39, 0.29) is 18.2 Å². The number of sulfonamides is 1. The van der Waals surface area contributed by atoms with E-state index >= 15 is 0 Å². The minimum Gasteiger partial charge on any atom is -0.314 e. The topological polar surface area (TPSA) is 49.4 Å². The highest BCUT2D eigenvalue weighted by Gasteiger charge is 2.33. The smallest absolute Gasteiger partial charge is 0.214 e. The van der Waals surface area contributed by atoms with Crippen molar-refractivity contribution < 1.29 is 8.42 Å². The number of nitrogens with one attached hydrogen (secondary N) is 1. The fourth-order valence-electron chi connectivity index (χ4n) is 1.23. The van der Waals surface area contributed by atoms with Gasteiger partial charge in [-0.1, -0.05) is 6.92 Å². The van der Waals surface area contributed by atoms with Crippen LogP contribution in [-0.4, -0.2) is 44.7 Å². The van der Waals surface area contributed by atoms with Crippen LogP contribution in [0.25, 0.3) is 0 Å². The second-order valence-corrected chi connectivity index (χ2v) is 5.21. The summed E-state index contributed by atoms with van der Waals surface area (Å²) in [6.45, 7) is 3.16. The molecular formula is C7H17ClN2O2S. The lowest BCUT2D eigenvalue weighted by Crippen LogP contribution is -2.59. The number of hydrogen-bond acceptors (Lipinski definition) is 3. The van der Waals surface area contributed by atoms with Crippen LogP contribution in [0.1, 0.15) is 13.3 Å². The zero-order valence-electron chi connectivity index (χ0n) is 7.99. The van der Waals surface area contributed by atoms with Crippen molar-refractivity contribution in [2.45, 2.75) is 19.4 Å². The van der Waals surface area contributed by atoms with Gasteiger partial charge in [0.2, 0.25) is 10.0 Å². The van der Waals surface area contributed by atoms with Crippen molar-refractivity contribution in [2.75, 3.05) is 25.9 Å². The average Bonchev–Trinajstić information content (AvgIpc) is 1.83. The lowest BCUT2D eigenvalue weighted by atomic mass is 10.2. The van der Waals surface area contributed by atoms with Crippen LogP contribution in [0.15, 0.2) is 0 Å². The van der Waals surface area contributed by atoms with E-state index in [0.29, 0.717) is 25.6 Å². The van der Waals surface area contributed by atoms with Gasteiger partial charge in [0.25, 0.3) is 0 Å². The highest BCUT2D eigenvalue weighted by Crippen LogP contribution is 2.13. The molecule has 0 saturated carbocycles. The molecular weight excluding hydrogens is 212 g/mol. The van der Waals surface area contributed by atoms with Crippen LogP contribution in [0.4, 0.5) is 0 Å². The van der Waals surface area contributed by atoms with E-state index in [4.69, 9.17) is 0 Å². The number of nitrogens with zero attached hydrogens (tertiary/aromatic N) is 1. The van der Waals surface area contributed by atoms with Gasteiger partial charge in [0.1, 0.15) is 0 Å². The molecule has 4 nitrogen and oxygen atoms in total. The molecule has 0 aromatic carbocycles. The van der Waals surface area contributed by atoms with Crippen LogP contribution >= 0.6 is 12.4 Å². The van der Waals surface area contributed by atoms with Crippen molar-refractivity contribution in [3.05, 3.63) is 0 Å². The van der Waals surface area contributed by atoms with Crippen LogP contribution in [0.3, 0.4) is 0 Å². The quantitative estimate of drug-likeness (QED) is 0.740. The first kappa shape index (κ1) is 13.2. The van der Waals surface area contributed by atoms with Gasteiger partial charge in [0.15, 0.2) is 0 Å². The van der Waals surface area contributed by atoms with E-state index in [1.165, 1.54) is 4.31 Å². The summed E-state index contributed by atoms with van der Waals surface area (Å²) in [4.78, 5) is 0. The predicted molar refractivity (Wildman–Crippen MR) is 55.7 cm³/mol. The molecule has 0 aliphatic carbocycles. The molecule has 6 heteroatoms. The zero-order chi connectivity index (χ0) is 9.19. The summed E-state index contributed by atoms with van der Waals surface area (Å²) < 4.78 is 24.3. The Hall–Kier alpha value is 0.160. The highest BCUT2D eigenvalue weighted by atomic mass is 35.5. The van der Waals surface area contributed by atoms with E-state index < -0.39 is 10.0 Å². The normalized spacial score (nSPS) is 19.2. The number of rotatable bonds is 4. The van der Waals surface area contributed by atoms with E-state index in [0.717, 1.165) is 0 Å². The van der Waals surface area contributed by atoms with E-state index in [1.54, 1.807) is 0 Å². The Kier molecular flexibility index (Phi) is 5.21. The first-order valence-electron chi connectivity index (χ1n) is 4.25. The standard InChI is InChI=1S/C7H16N2O2S.ClH/c1-3-4-12(10,11)9-5-7(6-9)8-2;/h7-8H,3-6H2,1-2H3;1H. The second kappa shape index (κ2) is 5.14. The van der Waals surface area contributed by atoms with Crippen molar-refractivity contribution in [1.29, 1.82) is 0 Å². The van der Waals surface area contributed by atoms with Crippen molar-refractivity contribution in [2.24, 2.45) is 0 Å². The van der Waals surface area contributed by atoms with Gasteiger partial charge in [-0.25, -0.2) is 8.42 Å². The van der Waals surface area contributed by atoms with Gasteiger partial charge >= 0.3 is 0 Å². The lowest BCUT2D eigenvalue weighted by Gasteiger charge is -2.37. The lowest BCUT2D eigenvalue weighted by molar-refractivity contribution is 0.237. The monoisotopic (exact) mass is 228 g/mol.